The average molecular weight is 194 g/mol. The first-order chi connectivity index (χ1) is 6.77. The topological polar surface area (TPSA) is 58.3 Å². The molecule has 4 N–H and O–H groups in total. The van der Waals surface area contributed by atoms with Gasteiger partial charge in [0.05, 0.1) is 6.10 Å². The van der Waals surface area contributed by atoms with Gasteiger partial charge in [0.2, 0.25) is 0 Å². The largest absolute Gasteiger partial charge is 0.390 e. The lowest BCUT2D eigenvalue weighted by Crippen LogP contribution is -2.28. The van der Waals surface area contributed by atoms with Crippen LogP contribution in [0.2, 0.25) is 0 Å². The van der Waals surface area contributed by atoms with Crippen LogP contribution < -0.4 is 11.1 Å². The molecule has 0 bridgehead atoms. The number of anilines is 1. The highest BCUT2D eigenvalue weighted by Gasteiger charge is 2.02. The molecule has 3 nitrogen and oxygen atoms in total. The summed E-state index contributed by atoms with van der Waals surface area (Å²) in [6.07, 6.45) is 0.516. The van der Waals surface area contributed by atoms with Crippen LogP contribution >= 0.6 is 0 Å². The Kier molecular flexibility index (Phi) is 4.43. The van der Waals surface area contributed by atoms with Crippen LogP contribution in [0.15, 0.2) is 24.3 Å². The molecular weight excluding hydrogens is 176 g/mol. The van der Waals surface area contributed by atoms with Crippen molar-refractivity contribution < 1.29 is 5.11 Å². The second-order valence-corrected chi connectivity index (χ2v) is 3.28. The Morgan fingerprint density at radius 3 is 2.79 bits per heavy atom. The molecule has 0 fully saturated rings. The third-order valence-corrected chi connectivity index (χ3v) is 2.20. The number of nitrogens with two attached hydrogens (primary N) is 1. The van der Waals surface area contributed by atoms with Gasteiger partial charge in [0.15, 0.2) is 0 Å². The molecule has 1 aromatic carbocycles. The van der Waals surface area contributed by atoms with Gasteiger partial charge in [-0.15, -0.1) is 0 Å². The van der Waals surface area contributed by atoms with Crippen LogP contribution in [0, 0.1) is 0 Å². The molecule has 14 heavy (non-hydrogen) atoms. The van der Waals surface area contributed by atoms with E-state index in [-0.39, 0.29) is 0 Å². The van der Waals surface area contributed by atoms with Crippen LogP contribution in [-0.2, 0) is 6.42 Å². The zero-order valence-corrected chi connectivity index (χ0v) is 8.53. The van der Waals surface area contributed by atoms with Crippen LogP contribution in [-0.4, -0.2) is 24.3 Å². The first kappa shape index (κ1) is 11.0. The number of rotatable bonds is 5. The van der Waals surface area contributed by atoms with Crippen molar-refractivity contribution in [1.29, 1.82) is 0 Å². The van der Waals surface area contributed by atoms with Gasteiger partial charge in [-0.3, -0.25) is 0 Å². The first-order valence-electron chi connectivity index (χ1n) is 4.97. The summed E-state index contributed by atoms with van der Waals surface area (Å²) < 4.78 is 0. The van der Waals surface area contributed by atoms with Crippen LogP contribution in [0.3, 0.4) is 0 Å². The fourth-order valence-electron chi connectivity index (χ4n) is 1.31. The molecule has 1 unspecified atom stereocenters. The van der Waals surface area contributed by atoms with Crippen molar-refractivity contribution in [3.63, 3.8) is 0 Å². The van der Waals surface area contributed by atoms with Crippen LogP contribution in [0.1, 0.15) is 12.5 Å². The molecule has 0 aliphatic carbocycles. The van der Waals surface area contributed by atoms with Crippen molar-refractivity contribution in [3.05, 3.63) is 29.8 Å². The smallest absolute Gasteiger partial charge is 0.0834 e. The Balaban J connectivity index is 2.57. The van der Waals surface area contributed by atoms with E-state index in [4.69, 9.17) is 5.73 Å². The average Bonchev–Trinajstić information content (AvgIpc) is 2.26. The molecule has 0 saturated carbocycles. The van der Waals surface area contributed by atoms with Gasteiger partial charge in [-0.1, -0.05) is 25.1 Å². The molecule has 0 aliphatic rings. The zero-order chi connectivity index (χ0) is 10.4. The molecule has 0 heterocycles. The Bertz CT molecular complexity index is 276. The van der Waals surface area contributed by atoms with Crippen LogP contribution in [0.5, 0.6) is 0 Å². The third-order valence-electron chi connectivity index (χ3n) is 2.20. The lowest BCUT2D eigenvalue weighted by atomic mass is 10.1. The van der Waals surface area contributed by atoms with Crippen molar-refractivity contribution in [2.24, 2.45) is 5.73 Å². The van der Waals surface area contributed by atoms with Crippen molar-refractivity contribution >= 4 is 5.69 Å². The van der Waals surface area contributed by atoms with E-state index in [2.05, 4.69) is 18.3 Å². The zero-order valence-electron chi connectivity index (χ0n) is 8.53. The molecule has 0 saturated heterocycles. The number of aliphatic hydroxyl groups excluding tert-OH is 1. The molecule has 0 amide bonds. The molecule has 0 aromatic heterocycles. The van der Waals surface area contributed by atoms with Crippen LogP contribution in [0.4, 0.5) is 5.69 Å². The summed E-state index contributed by atoms with van der Waals surface area (Å²) in [5.74, 6) is 0. The van der Waals surface area contributed by atoms with E-state index >= 15 is 0 Å². The highest BCUT2D eigenvalue weighted by atomic mass is 16.3. The molecule has 78 valence electrons. The second kappa shape index (κ2) is 5.62. The summed E-state index contributed by atoms with van der Waals surface area (Å²) in [5, 5.41) is 12.5. The fraction of sp³-hybridized carbons (Fsp3) is 0.455. The lowest BCUT2D eigenvalue weighted by Gasteiger charge is -2.13. The summed E-state index contributed by atoms with van der Waals surface area (Å²) in [6.45, 7) is 2.91. The van der Waals surface area contributed by atoms with E-state index in [1.165, 1.54) is 5.56 Å². The second-order valence-electron chi connectivity index (χ2n) is 3.28. The van der Waals surface area contributed by atoms with E-state index in [0.717, 1.165) is 12.1 Å². The summed E-state index contributed by atoms with van der Waals surface area (Å²) >= 11 is 0. The van der Waals surface area contributed by atoms with Gasteiger partial charge < -0.3 is 16.2 Å². The highest BCUT2D eigenvalue weighted by Crippen LogP contribution is 2.14. The van der Waals surface area contributed by atoms with Crippen molar-refractivity contribution in [2.45, 2.75) is 19.4 Å². The standard InChI is InChI=1S/C11H18N2O/c1-2-9-5-3-4-6-11(9)13-8-10(14)7-12/h3-6,10,13-14H,2,7-8,12H2,1H3. The Hall–Kier alpha value is -1.06. The molecule has 1 aromatic rings. The molecule has 1 atom stereocenters. The maximum absolute atomic E-state index is 9.30. The predicted octanol–water partition coefficient (Wildman–Crippen LogP) is 0.980. The van der Waals surface area contributed by atoms with E-state index in [1.807, 2.05) is 18.2 Å². The number of hydrogen-bond acceptors (Lipinski definition) is 3. The third kappa shape index (κ3) is 3.01. The number of benzene rings is 1. The predicted molar refractivity (Wildman–Crippen MR) is 59.4 cm³/mol. The fourth-order valence-corrected chi connectivity index (χ4v) is 1.31. The van der Waals surface area contributed by atoms with Crippen molar-refractivity contribution in [3.8, 4) is 0 Å². The normalized spacial score (nSPS) is 12.5. The van der Waals surface area contributed by atoms with Gasteiger partial charge in [0.25, 0.3) is 0 Å². The molecule has 3 heteroatoms. The summed E-state index contributed by atoms with van der Waals surface area (Å²) in [5.41, 5.74) is 7.66. The van der Waals surface area contributed by atoms with Gasteiger partial charge in [-0.05, 0) is 18.1 Å². The molecule has 0 radical (unpaired) electrons. The number of para-hydroxylation sites is 1. The van der Waals surface area contributed by atoms with E-state index < -0.39 is 6.10 Å². The van der Waals surface area contributed by atoms with E-state index in [9.17, 15) is 5.11 Å². The summed E-state index contributed by atoms with van der Waals surface area (Å²) in [6, 6.07) is 8.10. The van der Waals surface area contributed by atoms with Gasteiger partial charge in [-0.2, -0.15) is 0 Å². The lowest BCUT2D eigenvalue weighted by molar-refractivity contribution is 0.196. The van der Waals surface area contributed by atoms with Crippen molar-refractivity contribution in [2.75, 3.05) is 18.4 Å². The quantitative estimate of drug-likeness (QED) is 0.655. The van der Waals surface area contributed by atoms with Gasteiger partial charge in [0.1, 0.15) is 0 Å². The van der Waals surface area contributed by atoms with E-state index in [0.29, 0.717) is 13.1 Å². The number of aliphatic hydroxyl groups is 1. The first-order valence-corrected chi connectivity index (χ1v) is 4.97. The summed E-state index contributed by atoms with van der Waals surface area (Å²) in [7, 11) is 0. The van der Waals surface area contributed by atoms with Gasteiger partial charge in [-0.25, -0.2) is 0 Å². The highest BCUT2D eigenvalue weighted by molar-refractivity contribution is 5.51. The number of nitrogens with one attached hydrogen (secondary N) is 1. The molecule has 1 rings (SSSR count). The maximum Gasteiger partial charge on any atom is 0.0834 e. The monoisotopic (exact) mass is 194 g/mol. The molecular formula is C11H18N2O. The Labute approximate surface area is 84.9 Å². The van der Waals surface area contributed by atoms with Gasteiger partial charge in [0, 0.05) is 18.8 Å². The molecule has 0 aliphatic heterocycles. The number of aryl methyl sites for hydroxylation is 1. The minimum Gasteiger partial charge on any atom is -0.390 e. The number of hydrogen-bond donors (Lipinski definition) is 3. The SMILES string of the molecule is CCc1ccccc1NCC(O)CN. The minimum absolute atomic E-state index is 0.293. The maximum atomic E-state index is 9.30. The van der Waals surface area contributed by atoms with Crippen LogP contribution in [0.25, 0.3) is 0 Å². The summed E-state index contributed by atoms with van der Waals surface area (Å²) in [4.78, 5) is 0. The van der Waals surface area contributed by atoms with E-state index in [1.54, 1.807) is 0 Å². The van der Waals surface area contributed by atoms with Crippen molar-refractivity contribution in [1.82, 2.24) is 0 Å². The van der Waals surface area contributed by atoms with Gasteiger partial charge >= 0.3 is 0 Å². The minimum atomic E-state index is -0.472. The molecule has 0 spiro atoms. The Morgan fingerprint density at radius 1 is 1.43 bits per heavy atom. The Morgan fingerprint density at radius 2 is 2.14 bits per heavy atom.